The van der Waals surface area contributed by atoms with Crippen molar-refractivity contribution in [1.29, 1.82) is 0 Å². The van der Waals surface area contributed by atoms with Gasteiger partial charge in [-0.1, -0.05) is 11.6 Å². The summed E-state index contributed by atoms with van der Waals surface area (Å²) >= 11 is 0. The lowest BCUT2D eigenvalue weighted by Gasteiger charge is -2.24. The molecular weight excluding hydrogens is 242 g/mol. The van der Waals surface area contributed by atoms with E-state index in [9.17, 15) is 9.59 Å². The van der Waals surface area contributed by atoms with E-state index in [4.69, 9.17) is 5.73 Å². The molecule has 5 nitrogen and oxygen atoms in total. The van der Waals surface area contributed by atoms with Crippen molar-refractivity contribution in [3.05, 3.63) is 29.3 Å². The minimum atomic E-state index is -0.377. The van der Waals surface area contributed by atoms with Gasteiger partial charge in [0, 0.05) is 19.3 Å². The predicted molar refractivity (Wildman–Crippen MR) is 73.7 cm³/mol. The van der Waals surface area contributed by atoms with Crippen LogP contribution in [0.3, 0.4) is 0 Å². The highest BCUT2D eigenvalue weighted by Crippen LogP contribution is 2.23. The predicted octanol–water partition coefficient (Wildman–Crippen LogP) is 0.928. The summed E-state index contributed by atoms with van der Waals surface area (Å²) in [6.07, 6.45) is 1.55. The SMILES string of the molecule is CNC(=O)C1CCCN1C(=O)c1cc(C)ccc1N. The van der Waals surface area contributed by atoms with Crippen molar-refractivity contribution in [2.75, 3.05) is 19.3 Å². The molecule has 0 radical (unpaired) electrons. The first-order valence-electron chi connectivity index (χ1n) is 6.43. The van der Waals surface area contributed by atoms with E-state index in [1.165, 1.54) is 0 Å². The van der Waals surface area contributed by atoms with Gasteiger partial charge in [0.1, 0.15) is 6.04 Å². The van der Waals surface area contributed by atoms with E-state index in [1.54, 1.807) is 24.1 Å². The van der Waals surface area contributed by atoms with Crippen LogP contribution in [0, 0.1) is 6.92 Å². The first-order valence-corrected chi connectivity index (χ1v) is 6.43. The van der Waals surface area contributed by atoms with Crippen LogP contribution in [-0.4, -0.2) is 36.3 Å². The van der Waals surface area contributed by atoms with E-state index < -0.39 is 0 Å². The third kappa shape index (κ3) is 2.54. The van der Waals surface area contributed by atoms with Crippen LogP contribution < -0.4 is 11.1 Å². The van der Waals surface area contributed by atoms with Gasteiger partial charge >= 0.3 is 0 Å². The first-order chi connectivity index (χ1) is 9.04. The van der Waals surface area contributed by atoms with Crippen molar-refractivity contribution >= 4 is 17.5 Å². The van der Waals surface area contributed by atoms with E-state index in [1.807, 2.05) is 13.0 Å². The molecule has 0 spiro atoms. The lowest BCUT2D eigenvalue weighted by atomic mass is 10.1. The molecule has 19 heavy (non-hydrogen) atoms. The smallest absolute Gasteiger partial charge is 0.256 e. The maximum absolute atomic E-state index is 12.5. The van der Waals surface area contributed by atoms with E-state index in [2.05, 4.69) is 5.32 Å². The number of rotatable bonds is 2. The summed E-state index contributed by atoms with van der Waals surface area (Å²) < 4.78 is 0. The number of nitrogens with one attached hydrogen (secondary N) is 1. The number of likely N-dealkylation sites (N-methyl/N-ethyl adjacent to an activating group) is 1. The van der Waals surface area contributed by atoms with E-state index >= 15 is 0 Å². The Labute approximate surface area is 112 Å². The third-order valence-corrected chi connectivity index (χ3v) is 3.50. The minimum Gasteiger partial charge on any atom is -0.398 e. The van der Waals surface area contributed by atoms with Crippen LogP contribution in [-0.2, 0) is 4.79 Å². The Kier molecular flexibility index (Phi) is 3.74. The number of hydrogen-bond acceptors (Lipinski definition) is 3. The molecule has 3 N–H and O–H groups in total. The van der Waals surface area contributed by atoms with Crippen molar-refractivity contribution in [3.63, 3.8) is 0 Å². The summed E-state index contributed by atoms with van der Waals surface area (Å²) in [5.41, 5.74) is 7.78. The number of nitrogens with two attached hydrogens (primary N) is 1. The molecule has 0 saturated carbocycles. The molecule has 1 atom stereocenters. The average Bonchev–Trinajstić information content (AvgIpc) is 2.89. The van der Waals surface area contributed by atoms with Crippen LogP contribution in [0.1, 0.15) is 28.8 Å². The fourth-order valence-corrected chi connectivity index (χ4v) is 2.46. The Bertz CT molecular complexity index is 513. The normalized spacial score (nSPS) is 18.4. The standard InChI is InChI=1S/C14H19N3O2/c1-9-5-6-11(15)10(8-9)14(19)17-7-3-4-12(17)13(18)16-2/h5-6,8,12H,3-4,7,15H2,1-2H3,(H,16,18). The number of nitrogen functional groups attached to an aromatic ring is 1. The largest absolute Gasteiger partial charge is 0.398 e. The fraction of sp³-hybridized carbons (Fsp3) is 0.429. The number of aryl methyl sites for hydroxylation is 1. The molecule has 1 aromatic rings. The summed E-state index contributed by atoms with van der Waals surface area (Å²) in [4.78, 5) is 25.9. The van der Waals surface area contributed by atoms with Gasteiger partial charge in [-0.05, 0) is 31.9 Å². The van der Waals surface area contributed by atoms with Gasteiger partial charge in [0.2, 0.25) is 5.91 Å². The van der Waals surface area contributed by atoms with Crippen molar-refractivity contribution in [1.82, 2.24) is 10.2 Å². The van der Waals surface area contributed by atoms with Crippen LogP contribution in [0.15, 0.2) is 18.2 Å². The number of carbonyl (C=O) groups excluding carboxylic acids is 2. The fourth-order valence-electron chi connectivity index (χ4n) is 2.46. The Morgan fingerprint density at radius 3 is 2.84 bits per heavy atom. The topological polar surface area (TPSA) is 75.4 Å². The van der Waals surface area contributed by atoms with Gasteiger partial charge in [0.15, 0.2) is 0 Å². The molecule has 0 aromatic heterocycles. The van der Waals surface area contributed by atoms with Gasteiger partial charge < -0.3 is 16.0 Å². The maximum Gasteiger partial charge on any atom is 0.256 e. The summed E-state index contributed by atoms with van der Waals surface area (Å²) in [6, 6.07) is 4.99. The van der Waals surface area contributed by atoms with E-state index in [0.29, 0.717) is 24.2 Å². The number of hydrogen-bond donors (Lipinski definition) is 2. The Morgan fingerprint density at radius 2 is 2.16 bits per heavy atom. The van der Waals surface area contributed by atoms with Crippen LogP contribution in [0.25, 0.3) is 0 Å². The Balaban J connectivity index is 2.28. The van der Waals surface area contributed by atoms with Crippen LogP contribution >= 0.6 is 0 Å². The zero-order chi connectivity index (χ0) is 14.0. The molecule has 0 bridgehead atoms. The lowest BCUT2D eigenvalue weighted by Crippen LogP contribution is -2.45. The second-order valence-corrected chi connectivity index (χ2v) is 4.86. The summed E-state index contributed by atoms with van der Waals surface area (Å²) in [7, 11) is 1.59. The van der Waals surface area contributed by atoms with E-state index in [-0.39, 0.29) is 17.9 Å². The molecule has 1 unspecified atom stereocenters. The maximum atomic E-state index is 12.5. The van der Waals surface area contributed by atoms with Gasteiger partial charge in [-0.2, -0.15) is 0 Å². The zero-order valence-electron chi connectivity index (χ0n) is 11.3. The van der Waals surface area contributed by atoms with Crippen LogP contribution in [0.4, 0.5) is 5.69 Å². The molecule has 102 valence electrons. The first kappa shape index (κ1) is 13.4. The quantitative estimate of drug-likeness (QED) is 0.778. The highest BCUT2D eigenvalue weighted by atomic mass is 16.2. The Morgan fingerprint density at radius 1 is 1.42 bits per heavy atom. The Hall–Kier alpha value is -2.04. The molecule has 1 aliphatic rings. The summed E-state index contributed by atoms with van der Waals surface area (Å²) in [5.74, 6) is -0.274. The van der Waals surface area contributed by atoms with Crippen molar-refractivity contribution in [2.24, 2.45) is 0 Å². The monoisotopic (exact) mass is 261 g/mol. The van der Waals surface area contributed by atoms with Gasteiger partial charge in [0.05, 0.1) is 5.56 Å². The van der Waals surface area contributed by atoms with Gasteiger partial charge in [-0.15, -0.1) is 0 Å². The van der Waals surface area contributed by atoms with Gasteiger partial charge in [-0.25, -0.2) is 0 Å². The van der Waals surface area contributed by atoms with E-state index in [0.717, 1.165) is 12.0 Å². The number of nitrogens with zero attached hydrogens (tertiary/aromatic N) is 1. The van der Waals surface area contributed by atoms with Gasteiger partial charge in [0.25, 0.3) is 5.91 Å². The summed E-state index contributed by atoms with van der Waals surface area (Å²) in [5, 5.41) is 2.61. The zero-order valence-corrected chi connectivity index (χ0v) is 11.3. The number of likely N-dealkylation sites (tertiary alicyclic amines) is 1. The molecule has 1 saturated heterocycles. The second-order valence-electron chi connectivity index (χ2n) is 4.86. The van der Waals surface area contributed by atoms with Crippen molar-refractivity contribution < 1.29 is 9.59 Å². The second kappa shape index (κ2) is 5.30. The molecule has 2 rings (SSSR count). The number of anilines is 1. The molecule has 2 amide bonds. The lowest BCUT2D eigenvalue weighted by molar-refractivity contribution is -0.124. The molecule has 1 aromatic carbocycles. The molecule has 5 heteroatoms. The minimum absolute atomic E-state index is 0.114. The van der Waals surface area contributed by atoms with Crippen LogP contribution in [0.5, 0.6) is 0 Å². The average molecular weight is 261 g/mol. The summed E-state index contributed by atoms with van der Waals surface area (Å²) in [6.45, 7) is 2.51. The third-order valence-electron chi connectivity index (χ3n) is 3.50. The number of amides is 2. The highest BCUT2D eigenvalue weighted by molar-refractivity contribution is 6.01. The molecular formula is C14H19N3O2. The van der Waals surface area contributed by atoms with Crippen LogP contribution in [0.2, 0.25) is 0 Å². The molecule has 1 heterocycles. The molecule has 1 aliphatic heterocycles. The number of carbonyl (C=O) groups is 2. The molecule has 0 aliphatic carbocycles. The van der Waals surface area contributed by atoms with Gasteiger partial charge in [-0.3, -0.25) is 9.59 Å². The molecule has 1 fully saturated rings. The number of benzene rings is 1. The highest BCUT2D eigenvalue weighted by Gasteiger charge is 2.34. The van der Waals surface area contributed by atoms with Crippen molar-refractivity contribution in [2.45, 2.75) is 25.8 Å². The van der Waals surface area contributed by atoms with Crippen molar-refractivity contribution in [3.8, 4) is 0 Å².